The molecule has 4 nitrogen and oxygen atoms in total. The third kappa shape index (κ3) is 25.0. The summed E-state index contributed by atoms with van der Waals surface area (Å²) in [7, 11) is 0. The number of nitrogens with one attached hydrogen (secondary N) is 4. The van der Waals surface area contributed by atoms with Crippen LogP contribution in [-0.2, 0) is 0 Å². The highest BCUT2D eigenvalue weighted by atomic mass is 32.2. The average molecular weight is 511 g/mol. The maximum absolute atomic E-state index is 5.05. The van der Waals surface area contributed by atoms with Crippen LogP contribution in [0.15, 0.2) is 0 Å². The van der Waals surface area contributed by atoms with Crippen molar-refractivity contribution >= 4 is 113 Å². The second kappa shape index (κ2) is 24.0. The Kier molecular flexibility index (Phi) is 29.2. The first kappa shape index (κ1) is 31.6. The quantitative estimate of drug-likeness (QED) is 0.296. The summed E-state index contributed by atoms with van der Waals surface area (Å²) in [5.74, 6) is 1.02. The molecular formula is C14H30N4S8. The van der Waals surface area contributed by atoms with Crippen LogP contribution < -0.4 is 21.3 Å². The molecule has 4 N–H and O–H groups in total. The van der Waals surface area contributed by atoms with Gasteiger partial charge < -0.3 is 21.3 Å². The first-order valence-corrected chi connectivity index (χ1v) is 13.6. The highest BCUT2D eigenvalue weighted by Gasteiger charge is 1.95. The Balaban J connectivity index is -0.000000393. The van der Waals surface area contributed by atoms with E-state index < -0.39 is 0 Å². The van der Waals surface area contributed by atoms with E-state index in [1.807, 2.05) is 18.8 Å². The summed E-state index contributed by atoms with van der Waals surface area (Å²) in [6, 6.07) is 0. The minimum atomic E-state index is 0. The van der Waals surface area contributed by atoms with Crippen molar-refractivity contribution in [3.8, 4) is 0 Å². The third-order valence-electron chi connectivity index (χ3n) is 2.16. The van der Waals surface area contributed by atoms with Crippen molar-refractivity contribution in [1.82, 2.24) is 21.3 Å². The molecule has 12 heteroatoms. The molecule has 0 radical (unpaired) electrons. The largest absolute Gasteiger partial charge is 0.369 e. The summed E-state index contributed by atoms with van der Waals surface area (Å²) in [6.45, 7) is 5.37. The molecule has 0 atom stereocenters. The monoisotopic (exact) mass is 510 g/mol. The fourth-order valence-electron chi connectivity index (χ4n) is 1.06. The maximum Gasteiger partial charge on any atom is 0.133 e. The van der Waals surface area contributed by atoms with Gasteiger partial charge >= 0.3 is 0 Å². The van der Waals surface area contributed by atoms with Crippen molar-refractivity contribution in [2.75, 3.05) is 50.7 Å². The molecular weight excluding hydrogens is 481 g/mol. The molecule has 0 aromatic rings. The normalized spacial score (nSPS) is 8.92. The molecule has 0 saturated carbocycles. The Morgan fingerprint density at radius 3 is 1.12 bits per heavy atom. The maximum atomic E-state index is 5.05. The van der Waals surface area contributed by atoms with Gasteiger partial charge in [0.1, 0.15) is 17.3 Å². The zero-order chi connectivity index (χ0) is 19.5. The summed E-state index contributed by atoms with van der Waals surface area (Å²) < 4.78 is 3.34. The van der Waals surface area contributed by atoms with Crippen LogP contribution in [0, 0.1) is 0 Å². The standard InChI is InChI=1S/C7H14N2S4.C6H12N2S4.CH4/c1-3-13-7(11)9-5-4-8-6(10)12-2;1-11-5(9)7-3-4-8-6(10)12-2;/h3-5H2,1-2H3,(H,8,10)(H,9,11);3-4H2,1-2H3,(H,7,9)(H,8,10);1H4. The van der Waals surface area contributed by atoms with Gasteiger partial charge in [-0.1, -0.05) is 75.0 Å². The predicted molar refractivity (Wildman–Crippen MR) is 148 cm³/mol. The average Bonchev–Trinajstić information content (AvgIpc) is 2.62. The number of thioether (sulfide) groups is 4. The predicted octanol–water partition coefficient (Wildman–Crippen LogP) is 3.95. The van der Waals surface area contributed by atoms with Gasteiger partial charge in [-0.3, -0.25) is 0 Å². The molecule has 0 rings (SSSR count). The van der Waals surface area contributed by atoms with Crippen molar-refractivity contribution < 1.29 is 0 Å². The van der Waals surface area contributed by atoms with Crippen molar-refractivity contribution in [3.63, 3.8) is 0 Å². The first-order valence-electron chi connectivity index (χ1n) is 7.27. The summed E-state index contributed by atoms with van der Waals surface area (Å²) in [5, 5.41) is 12.4. The molecule has 0 aromatic heterocycles. The van der Waals surface area contributed by atoms with Crippen molar-refractivity contribution in [3.05, 3.63) is 0 Å². The minimum Gasteiger partial charge on any atom is -0.369 e. The summed E-state index contributed by atoms with van der Waals surface area (Å²) in [5.41, 5.74) is 0. The van der Waals surface area contributed by atoms with Gasteiger partial charge in [0, 0.05) is 26.2 Å². The van der Waals surface area contributed by atoms with E-state index in [1.54, 1.807) is 47.0 Å². The Labute approximate surface area is 198 Å². The van der Waals surface area contributed by atoms with Crippen molar-refractivity contribution in [1.29, 1.82) is 0 Å². The highest BCUT2D eigenvalue weighted by molar-refractivity contribution is 8.23. The van der Waals surface area contributed by atoms with Crippen LogP contribution >= 0.6 is 95.9 Å². The molecule has 0 aliphatic carbocycles. The van der Waals surface area contributed by atoms with E-state index >= 15 is 0 Å². The first-order chi connectivity index (χ1) is 11.9. The van der Waals surface area contributed by atoms with E-state index in [-0.39, 0.29) is 7.43 Å². The minimum absolute atomic E-state index is 0. The Morgan fingerprint density at radius 2 is 0.885 bits per heavy atom. The molecule has 0 fully saturated rings. The van der Waals surface area contributed by atoms with Crippen LogP contribution in [0.25, 0.3) is 0 Å². The lowest BCUT2D eigenvalue weighted by Crippen LogP contribution is -2.31. The number of hydrogen-bond donors (Lipinski definition) is 4. The summed E-state index contributed by atoms with van der Waals surface area (Å²) in [4.78, 5) is 0. The number of rotatable bonds is 7. The summed E-state index contributed by atoms with van der Waals surface area (Å²) >= 11 is 26.2. The Hall–Kier alpha value is 0.960. The molecule has 0 spiro atoms. The van der Waals surface area contributed by atoms with E-state index in [2.05, 4.69) is 28.2 Å². The van der Waals surface area contributed by atoms with Gasteiger partial charge in [0.15, 0.2) is 0 Å². The highest BCUT2D eigenvalue weighted by Crippen LogP contribution is 1.99. The molecule has 0 amide bonds. The molecule has 0 saturated heterocycles. The van der Waals surface area contributed by atoms with Crippen LogP contribution in [0.2, 0.25) is 0 Å². The van der Waals surface area contributed by atoms with E-state index in [1.165, 1.54) is 0 Å². The second-order valence-corrected chi connectivity index (χ2v) is 10.3. The van der Waals surface area contributed by atoms with Crippen LogP contribution in [0.1, 0.15) is 14.4 Å². The van der Waals surface area contributed by atoms with Gasteiger partial charge in [0.25, 0.3) is 0 Å². The van der Waals surface area contributed by atoms with Gasteiger partial charge in [-0.25, -0.2) is 0 Å². The van der Waals surface area contributed by atoms with Gasteiger partial charge in [-0.2, -0.15) is 0 Å². The van der Waals surface area contributed by atoms with E-state index in [4.69, 9.17) is 48.9 Å². The smallest absolute Gasteiger partial charge is 0.133 e. The fourth-order valence-corrected chi connectivity index (χ4v) is 3.02. The van der Waals surface area contributed by atoms with E-state index in [0.29, 0.717) is 0 Å². The van der Waals surface area contributed by atoms with Crippen LogP contribution in [-0.4, -0.2) is 68.0 Å². The lowest BCUT2D eigenvalue weighted by atomic mass is 10.6. The second-order valence-electron chi connectivity index (χ2n) is 3.90. The topological polar surface area (TPSA) is 48.1 Å². The molecule has 26 heavy (non-hydrogen) atoms. The number of thiocarbonyl (C=S) groups is 4. The van der Waals surface area contributed by atoms with Crippen molar-refractivity contribution in [2.45, 2.75) is 14.4 Å². The Bertz CT molecular complexity index is 388. The lowest BCUT2D eigenvalue weighted by molar-refractivity contribution is 0.833. The molecule has 0 unspecified atom stereocenters. The molecule has 0 aromatic carbocycles. The Morgan fingerprint density at radius 1 is 0.615 bits per heavy atom. The van der Waals surface area contributed by atoms with Gasteiger partial charge in [-0.05, 0) is 24.5 Å². The summed E-state index contributed by atoms with van der Waals surface area (Å²) in [6.07, 6.45) is 5.87. The SMILES string of the molecule is C.CCSC(=S)NCCNC(=S)SC.CSC(=S)NCCNC(=S)SC. The van der Waals surface area contributed by atoms with E-state index in [9.17, 15) is 0 Å². The van der Waals surface area contributed by atoms with E-state index in [0.717, 1.165) is 49.2 Å². The molecule has 154 valence electrons. The van der Waals surface area contributed by atoms with Crippen LogP contribution in [0.3, 0.4) is 0 Å². The number of hydrogen-bond acceptors (Lipinski definition) is 8. The van der Waals surface area contributed by atoms with Gasteiger partial charge in [0.2, 0.25) is 0 Å². The molecule has 0 bridgehead atoms. The zero-order valence-electron chi connectivity index (χ0n) is 14.8. The molecule has 0 heterocycles. The molecule has 0 aliphatic rings. The van der Waals surface area contributed by atoms with Gasteiger partial charge in [-0.15, -0.1) is 35.3 Å². The third-order valence-corrected chi connectivity index (χ3v) is 6.83. The van der Waals surface area contributed by atoms with Gasteiger partial charge in [0.05, 0.1) is 0 Å². The van der Waals surface area contributed by atoms with Crippen LogP contribution in [0.4, 0.5) is 0 Å². The molecule has 0 aliphatic heterocycles. The lowest BCUT2D eigenvalue weighted by Gasteiger charge is -2.07. The fraction of sp³-hybridized carbons (Fsp3) is 0.714. The van der Waals surface area contributed by atoms with Crippen LogP contribution in [0.5, 0.6) is 0 Å². The van der Waals surface area contributed by atoms with Crippen molar-refractivity contribution in [2.24, 2.45) is 0 Å². The zero-order valence-corrected chi connectivity index (χ0v) is 21.3.